The van der Waals surface area contributed by atoms with Gasteiger partial charge in [-0.15, -0.1) is 0 Å². The number of nitrogens with zero attached hydrogens (tertiary/aromatic N) is 1. The molecule has 1 aromatic rings. The average molecular weight is 279 g/mol. The lowest BCUT2D eigenvalue weighted by molar-refractivity contribution is -0.139. The van der Waals surface area contributed by atoms with Gasteiger partial charge >= 0.3 is 5.97 Å². The minimum Gasteiger partial charge on any atom is -0.481 e. The molecule has 0 aromatic heterocycles. The minimum atomic E-state index is -0.760. The van der Waals surface area contributed by atoms with Gasteiger partial charge in [0.25, 0.3) is 0 Å². The molecule has 0 bridgehead atoms. The zero-order valence-corrected chi connectivity index (χ0v) is 12.1. The lowest BCUT2D eigenvalue weighted by atomic mass is 9.95. The first-order valence-corrected chi connectivity index (χ1v) is 7.22. The van der Waals surface area contributed by atoms with Crippen molar-refractivity contribution >= 4 is 5.97 Å². The van der Waals surface area contributed by atoms with Crippen LogP contribution in [0.2, 0.25) is 0 Å². The molecule has 1 saturated heterocycles. The maximum atomic E-state index is 13.7. The molecule has 1 aromatic carbocycles. The van der Waals surface area contributed by atoms with Crippen LogP contribution in [-0.2, 0) is 4.79 Å². The van der Waals surface area contributed by atoms with Crippen molar-refractivity contribution in [3.8, 4) is 0 Å². The highest BCUT2D eigenvalue weighted by atomic mass is 19.1. The van der Waals surface area contributed by atoms with Gasteiger partial charge in [-0.05, 0) is 50.4 Å². The van der Waals surface area contributed by atoms with Crippen molar-refractivity contribution in [2.75, 3.05) is 6.54 Å². The van der Waals surface area contributed by atoms with Crippen molar-refractivity contribution in [2.45, 2.75) is 51.6 Å². The summed E-state index contributed by atoms with van der Waals surface area (Å²) in [7, 11) is 0. The third-order valence-electron chi connectivity index (χ3n) is 4.26. The molecule has 0 saturated carbocycles. The van der Waals surface area contributed by atoms with Crippen molar-refractivity contribution < 1.29 is 14.3 Å². The van der Waals surface area contributed by atoms with E-state index in [1.165, 1.54) is 0 Å². The summed E-state index contributed by atoms with van der Waals surface area (Å²) < 4.78 is 13.7. The van der Waals surface area contributed by atoms with E-state index in [0.717, 1.165) is 31.4 Å². The third-order valence-corrected chi connectivity index (χ3v) is 4.26. The fraction of sp³-hybridized carbons (Fsp3) is 0.562. The Morgan fingerprint density at radius 2 is 2.25 bits per heavy atom. The van der Waals surface area contributed by atoms with E-state index in [1.807, 2.05) is 13.0 Å². The first-order valence-electron chi connectivity index (χ1n) is 7.22. The molecule has 4 heteroatoms. The van der Waals surface area contributed by atoms with Gasteiger partial charge in [0.15, 0.2) is 0 Å². The average Bonchev–Trinajstić information content (AvgIpc) is 2.41. The van der Waals surface area contributed by atoms with Gasteiger partial charge in [0, 0.05) is 12.1 Å². The van der Waals surface area contributed by atoms with E-state index < -0.39 is 5.97 Å². The Labute approximate surface area is 119 Å². The maximum Gasteiger partial charge on any atom is 0.304 e. The monoisotopic (exact) mass is 279 g/mol. The van der Waals surface area contributed by atoms with E-state index in [0.29, 0.717) is 5.56 Å². The van der Waals surface area contributed by atoms with Crippen molar-refractivity contribution in [2.24, 2.45) is 0 Å². The number of piperidine rings is 1. The van der Waals surface area contributed by atoms with Gasteiger partial charge in [-0.1, -0.05) is 18.6 Å². The normalized spacial score (nSPS) is 21.6. The first-order chi connectivity index (χ1) is 9.49. The van der Waals surface area contributed by atoms with Gasteiger partial charge in [-0.25, -0.2) is 4.39 Å². The number of aliphatic carboxylic acids is 1. The molecule has 1 aliphatic rings. The number of likely N-dealkylation sites (tertiary alicyclic amines) is 1. The number of carbonyl (C=O) groups is 1. The quantitative estimate of drug-likeness (QED) is 0.916. The van der Waals surface area contributed by atoms with E-state index >= 15 is 0 Å². The molecule has 20 heavy (non-hydrogen) atoms. The molecule has 2 rings (SSSR count). The highest BCUT2D eigenvalue weighted by Gasteiger charge is 2.29. The first kappa shape index (κ1) is 15.0. The summed E-state index contributed by atoms with van der Waals surface area (Å²) in [5.41, 5.74) is 1.56. The standard InChI is InChI=1S/C16H22FNO2/c1-11-6-7-13(9-15(11)17)12(2)18-8-4-3-5-14(18)10-16(19)20/h6-7,9,12,14H,3-5,8,10H2,1-2H3,(H,19,20). The molecule has 110 valence electrons. The van der Waals surface area contributed by atoms with Crippen LogP contribution >= 0.6 is 0 Å². The van der Waals surface area contributed by atoms with Crippen LogP contribution in [0.15, 0.2) is 18.2 Å². The molecule has 2 unspecified atom stereocenters. The number of carboxylic acids is 1. The molecule has 0 radical (unpaired) electrons. The van der Waals surface area contributed by atoms with Crippen LogP contribution in [0.1, 0.15) is 49.8 Å². The molecule has 0 amide bonds. The van der Waals surface area contributed by atoms with Crippen LogP contribution in [0.5, 0.6) is 0 Å². The molecular weight excluding hydrogens is 257 g/mol. The molecule has 1 heterocycles. The van der Waals surface area contributed by atoms with Gasteiger partial charge in [0.05, 0.1) is 6.42 Å². The Bertz CT molecular complexity index is 489. The van der Waals surface area contributed by atoms with E-state index in [9.17, 15) is 9.18 Å². The Balaban J connectivity index is 2.17. The van der Waals surface area contributed by atoms with Crippen LogP contribution < -0.4 is 0 Å². The van der Waals surface area contributed by atoms with Gasteiger partial charge < -0.3 is 5.11 Å². The SMILES string of the molecule is Cc1ccc(C(C)N2CCCCC2CC(=O)O)cc1F. The van der Waals surface area contributed by atoms with E-state index in [2.05, 4.69) is 4.90 Å². The second-order valence-corrected chi connectivity index (χ2v) is 5.67. The van der Waals surface area contributed by atoms with E-state index in [1.54, 1.807) is 19.1 Å². The largest absolute Gasteiger partial charge is 0.481 e. The molecule has 1 fully saturated rings. The molecule has 1 N–H and O–H groups in total. The molecular formula is C16H22FNO2. The van der Waals surface area contributed by atoms with Crippen molar-refractivity contribution in [3.05, 3.63) is 35.1 Å². The summed E-state index contributed by atoms with van der Waals surface area (Å²) in [6, 6.07) is 5.41. The summed E-state index contributed by atoms with van der Waals surface area (Å²) in [4.78, 5) is 13.2. The highest BCUT2D eigenvalue weighted by molar-refractivity contribution is 5.67. The topological polar surface area (TPSA) is 40.5 Å². The summed E-state index contributed by atoms with van der Waals surface area (Å²) in [5, 5.41) is 9.03. The lowest BCUT2D eigenvalue weighted by Gasteiger charge is -2.39. The van der Waals surface area contributed by atoms with Crippen LogP contribution in [0.4, 0.5) is 4.39 Å². The predicted octanol–water partition coefficient (Wildman–Crippen LogP) is 3.52. The van der Waals surface area contributed by atoms with Crippen LogP contribution in [0.3, 0.4) is 0 Å². The predicted molar refractivity (Wildman–Crippen MR) is 76.1 cm³/mol. The summed E-state index contributed by atoms with van der Waals surface area (Å²) >= 11 is 0. The Morgan fingerprint density at radius 3 is 2.90 bits per heavy atom. The van der Waals surface area contributed by atoms with Gasteiger partial charge in [0.1, 0.15) is 5.82 Å². The highest BCUT2D eigenvalue weighted by Crippen LogP contribution is 2.30. The van der Waals surface area contributed by atoms with Gasteiger partial charge in [-0.3, -0.25) is 9.69 Å². The van der Waals surface area contributed by atoms with Crippen LogP contribution in [0.25, 0.3) is 0 Å². The molecule has 0 aliphatic carbocycles. The van der Waals surface area contributed by atoms with E-state index in [-0.39, 0.29) is 24.3 Å². The second kappa shape index (κ2) is 6.35. The Kier molecular flexibility index (Phi) is 4.76. The summed E-state index contributed by atoms with van der Waals surface area (Å²) in [5.74, 6) is -0.953. The smallest absolute Gasteiger partial charge is 0.304 e. The van der Waals surface area contributed by atoms with Crippen molar-refractivity contribution in [1.82, 2.24) is 4.90 Å². The zero-order chi connectivity index (χ0) is 14.7. The minimum absolute atomic E-state index is 0.0507. The molecule has 1 aliphatic heterocycles. The fourth-order valence-corrected chi connectivity index (χ4v) is 3.01. The number of carboxylic acid groups (broad SMARTS) is 1. The number of hydrogen-bond donors (Lipinski definition) is 1. The summed E-state index contributed by atoms with van der Waals surface area (Å²) in [6.07, 6.45) is 3.22. The number of halogens is 1. The fourth-order valence-electron chi connectivity index (χ4n) is 3.01. The second-order valence-electron chi connectivity index (χ2n) is 5.67. The maximum absolute atomic E-state index is 13.7. The number of hydrogen-bond acceptors (Lipinski definition) is 2. The van der Waals surface area contributed by atoms with Crippen molar-refractivity contribution in [3.63, 3.8) is 0 Å². The zero-order valence-electron chi connectivity index (χ0n) is 12.1. The molecule has 0 spiro atoms. The Morgan fingerprint density at radius 1 is 1.50 bits per heavy atom. The van der Waals surface area contributed by atoms with Gasteiger partial charge in [-0.2, -0.15) is 0 Å². The number of rotatable bonds is 4. The van der Waals surface area contributed by atoms with Crippen molar-refractivity contribution in [1.29, 1.82) is 0 Å². The van der Waals surface area contributed by atoms with Crippen LogP contribution in [-0.4, -0.2) is 28.6 Å². The molecule has 3 nitrogen and oxygen atoms in total. The number of aryl methyl sites for hydroxylation is 1. The Hall–Kier alpha value is -1.42. The van der Waals surface area contributed by atoms with E-state index in [4.69, 9.17) is 5.11 Å². The summed E-state index contributed by atoms with van der Waals surface area (Å²) in [6.45, 7) is 4.66. The third kappa shape index (κ3) is 3.37. The number of benzene rings is 1. The molecule has 2 atom stereocenters. The lowest BCUT2D eigenvalue weighted by Crippen LogP contribution is -2.42. The van der Waals surface area contributed by atoms with Crippen LogP contribution in [0, 0.1) is 12.7 Å². The van der Waals surface area contributed by atoms with Gasteiger partial charge in [0.2, 0.25) is 0 Å².